The topological polar surface area (TPSA) is 32.3 Å². The van der Waals surface area contributed by atoms with E-state index in [0.717, 1.165) is 37.1 Å². The maximum atomic E-state index is 9.75. The van der Waals surface area contributed by atoms with Crippen molar-refractivity contribution in [2.24, 2.45) is 0 Å². The van der Waals surface area contributed by atoms with Crippen LogP contribution in [-0.2, 0) is 13.0 Å². The van der Waals surface area contributed by atoms with Crippen molar-refractivity contribution in [2.75, 3.05) is 6.54 Å². The summed E-state index contributed by atoms with van der Waals surface area (Å²) < 4.78 is 0. The molecule has 0 aliphatic carbocycles. The average molecular weight is 269 g/mol. The molecular weight excluding hydrogens is 246 g/mol. The Morgan fingerprint density at radius 3 is 2.25 bits per heavy atom. The molecule has 2 heteroatoms. The van der Waals surface area contributed by atoms with Gasteiger partial charge in [0.1, 0.15) is 5.75 Å². The Kier molecular flexibility index (Phi) is 5.19. The zero-order valence-electron chi connectivity index (χ0n) is 12.3. The van der Waals surface area contributed by atoms with Gasteiger partial charge >= 0.3 is 0 Å². The minimum atomic E-state index is 0.415. The van der Waals surface area contributed by atoms with E-state index in [1.54, 1.807) is 0 Å². The maximum Gasteiger partial charge on any atom is 0.121 e. The lowest BCUT2D eigenvalue weighted by Gasteiger charge is -2.09. The van der Waals surface area contributed by atoms with E-state index in [1.165, 1.54) is 11.1 Å². The normalized spacial score (nSPS) is 10.7. The largest absolute Gasteiger partial charge is 0.507 e. The predicted octanol–water partition coefficient (Wildman–Crippen LogP) is 3.73. The summed E-state index contributed by atoms with van der Waals surface area (Å²) in [7, 11) is 0. The number of hydrogen-bond acceptors (Lipinski definition) is 2. The van der Waals surface area contributed by atoms with Crippen molar-refractivity contribution in [2.45, 2.75) is 33.2 Å². The second-order valence-corrected chi connectivity index (χ2v) is 5.34. The molecule has 2 rings (SSSR count). The van der Waals surface area contributed by atoms with Gasteiger partial charge in [0.15, 0.2) is 0 Å². The Balaban J connectivity index is 1.74. The van der Waals surface area contributed by atoms with Crippen LogP contribution in [0.2, 0.25) is 0 Å². The first-order valence-corrected chi connectivity index (χ1v) is 7.20. The van der Waals surface area contributed by atoms with Crippen LogP contribution in [0.4, 0.5) is 0 Å². The van der Waals surface area contributed by atoms with Crippen molar-refractivity contribution in [1.29, 1.82) is 0 Å². The molecule has 2 aromatic carbocycles. The molecule has 0 aliphatic heterocycles. The van der Waals surface area contributed by atoms with Crippen LogP contribution in [-0.4, -0.2) is 11.7 Å². The van der Waals surface area contributed by atoms with Crippen molar-refractivity contribution >= 4 is 0 Å². The van der Waals surface area contributed by atoms with Crippen molar-refractivity contribution in [3.8, 4) is 5.75 Å². The zero-order valence-corrected chi connectivity index (χ0v) is 12.3. The van der Waals surface area contributed by atoms with Gasteiger partial charge in [0.05, 0.1) is 0 Å². The highest BCUT2D eigenvalue weighted by Gasteiger charge is 2.02. The fourth-order valence-corrected chi connectivity index (χ4v) is 2.44. The molecule has 0 bridgehead atoms. The molecule has 106 valence electrons. The van der Waals surface area contributed by atoms with E-state index in [1.807, 2.05) is 26.0 Å². The van der Waals surface area contributed by atoms with E-state index in [0.29, 0.717) is 5.75 Å². The molecule has 2 aromatic rings. The number of aryl methyl sites for hydroxylation is 3. The fourth-order valence-electron chi connectivity index (χ4n) is 2.44. The molecule has 0 fully saturated rings. The number of aromatic hydroxyl groups is 1. The van der Waals surface area contributed by atoms with E-state index in [-0.39, 0.29) is 0 Å². The lowest BCUT2D eigenvalue weighted by molar-refractivity contribution is 0.466. The molecule has 0 saturated heterocycles. The smallest absolute Gasteiger partial charge is 0.121 e. The first-order chi connectivity index (χ1) is 9.66. The van der Waals surface area contributed by atoms with Crippen LogP contribution in [0.5, 0.6) is 5.75 Å². The zero-order chi connectivity index (χ0) is 14.4. The Labute approximate surface area is 121 Å². The monoisotopic (exact) mass is 269 g/mol. The summed E-state index contributed by atoms with van der Waals surface area (Å²) in [5.74, 6) is 0.415. The Hall–Kier alpha value is -1.80. The number of rotatable bonds is 6. The number of phenols is 1. The lowest BCUT2D eigenvalue weighted by atomic mass is 10.1. The quantitative estimate of drug-likeness (QED) is 0.783. The van der Waals surface area contributed by atoms with Crippen molar-refractivity contribution in [3.05, 3.63) is 64.7 Å². The summed E-state index contributed by atoms with van der Waals surface area (Å²) in [6.07, 6.45) is 2.25. The van der Waals surface area contributed by atoms with Crippen molar-refractivity contribution in [1.82, 2.24) is 5.32 Å². The molecule has 0 saturated carbocycles. The van der Waals surface area contributed by atoms with Crippen LogP contribution in [0, 0.1) is 13.8 Å². The standard InChI is InChI=1S/C18H23NO/c1-14-11-17(12-15(2)18(14)20)13-19-10-6-9-16-7-4-3-5-8-16/h3-5,7-8,11-12,19-20H,6,9-10,13H2,1-2H3. The molecular formula is C18H23NO. The third-order valence-corrected chi connectivity index (χ3v) is 3.54. The van der Waals surface area contributed by atoms with Gasteiger partial charge in [-0.1, -0.05) is 42.5 Å². The molecule has 0 aromatic heterocycles. The minimum Gasteiger partial charge on any atom is -0.507 e. The number of benzene rings is 2. The third kappa shape index (κ3) is 4.10. The van der Waals surface area contributed by atoms with Crippen LogP contribution < -0.4 is 5.32 Å². The minimum absolute atomic E-state index is 0.415. The Morgan fingerprint density at radius 1 is 0.950 bits per heavy atom. The van der Waals surface area contributed by atoms with Crippen LogP contribution in [0.15, 0.2) is 42.5 Å². The molecule has 0 heterocycles. The second kappa shape index (κ2) is 7.11. The molecule has 20 heavy (non-hydrogen) atoms. The van der Waals surface area contributed by atoms with Gasteiger partial charge in [0, 0.05) is 6.54 Å². The fraction of sp³-hybridized carbons (Fsp3) is 0.333. The second-order valence-electron chi connectivity index (χ2n) is 5.34. The predicted molar refractivity (Wildman–Crippen MR) is 84.1 cm³/mol. The van der Waals surface area contributed by atoms with E-state index in [2.05, 4.69) is 35.6 Å². The molecule has 0 aliphatic rings. The third-order valence-electron chi connectivity index (χ3n) is 3.54. The lowest BCUT2D eigenvalue weighted by Crippen LogP contribution is -2.15. The molecule has 0 amide bonds. The van der Waals surface area contributed by atoms with Gasteiger partial charge in [-0.3, -0.25) is 0 Å². The highest BCUT2D eigenvalue weighted by atomic mass is 16.3. The highest BCUT2D eigenvalue weighted by molar-refractivity contribution is 5.42. The first-order valence-electron chi connectivity index (χ1n) is 7.20. The van der Waals surface area contributed by atoms with Gasteiger partial charge in [0.25, 0.3) is 0 Å². The summed E-state index contributed by atoms with van der Waals surface area (Å²) in [4.78, 5) is 0. The first kappa shape index (κ1) is 14.6. The summed E-state index contributed by atoms with van der Waals surface area (Å²) in [5.41, 5.74) is 4.53. The summed E-state index contributed by atoms with van der Waals surface area (Å²) in [6, 6.07) is 14.7. The van der Waals surface area contributed by atoms with Crippen LogP contribution in [0.25, 0.3) is 0 Å². The van der Waals surface area contributed by atoms with Crippen molar-refractivity contribution in [3.63, 3.8) is 0 Å². The molecule has 0 atom stereocenters. The Morgan fingerprint density at radius 2 is 1.60 bits per heavy atom. The molecule has 0 radical (unpaired) electrons. The molecule has 2 N–H and O–H groups in total. The summed E-state index contributed by atoms with van der Waals surface area (Å²) in [5, 5.41) is 13.2. The van der Waals surface area contributed by atoms with Gasteiger partial charge in [-0.25, -0.2) is 0 Å². The van der Waals surface area contributed by atoms with E-state index >= 15 is 0 Å². The summed E-state index contributed by atoms with van der Waals surface area (Å²) in [6.45, 7) is 5.76. The van der Waals surface area contributed by atoms with Gasteiger partial charge in [-0.15, -0.1) is 0 Å². The van der Waals surface area contributed by atoms with Crippen LogP contribution in [0.1, 0.15) is 28.7 Å². The Bertz CT molecular complexity index is 526. The van der Waals surface area contributed by atoms with Gasteiger partial charge in [-0.05, 0) is 55.5 Å². The van der Waals surface area contributed by atoms with Gasteiger partial charge in [0.2, 0.25) is 0 Å². The SMILES string of the molecule is Cc1cc(CNCCCc2ccccc2)cc(C)c1O. The molecule has 2 nitrogen and oxygen atoms in total. The maximum absolute atomic E-state index is 9.75. The van der Waals surface area contributed by atoms with E-state index < -0.39 is 0 Å². The van der Waals surface area contributed by atoms with Crippen LogP contribution >= 0.6 is 0 Å². The molecule has 0 spiro atoms. The highest BCUT2D eigenvalue weighted by Crippen LogP contribution is 2.22. The average Bonchev–Trinajstić information content (AvgIpc) is 2.45. The van der Waals surface area contributed by atoms with Gasteiger partial charge < -0.3 is 10.4 Å². The van der Waals surface area contributed by atoms with E-state index in [9.17, 15) is 5.11 Å². The van der Waals surface area contributed by atoms with Crippen molar-refractivity contribution < 1.29 is 5.11 Å². The van der Waals surface area contributed by atoms with Crippen LogP contribution in [0.3, 0.4) is 0 Å². The molecule has 0 unspecified atom stereocenters. The number of phenolic OH excluding ortho intramolecular Hbond substituents is 1. The summed E-state index contributed by atoms with van der Waals surface area (Å²) >= 11 is 0. The van der Waals surface area contributed by atoms with Gasteiger partial charge in [-0.2, -0.15) is 0 Å². The van der Waals surface area contributed by atoms with E-state index in [4.69, 9.17) is 0 Å². The number of nitrogens with one attached hydrogen (secondary N) is 1. The number of hydrogen-bond donors (Lipinski definition) is 2.